The Morgan fingerprint density at radius 3 is 2.07 bits per heavy atom. The number of imide groups is 1. The molecule has 7 nitrogen and oxygen atoms in total. The zero-order valence-corrected chi connectivity index (χ0v) is 16.7. The highest BCUT2D eigenvalue weighted by Gasteiger charge is 2.59. The molecule has 2 aromatic carbocycles. The van der Waals surface area contributed by atoms with E-state index < -0.39 is 29.7 Å². The molecule has 0 aliphatic carbocycles. The molecule has 2 aliphatic heterocycles. The molecule has 2 amide bonds. The van der Waals surface area contributed by atoms with Crippen molar-refractivity contribution in [2.45, 2.75) is 13.0 Å². The van der Waals surface area contributed by atoms with Crippen LogP contribution in [0.2, 0.25) is 10.0 Å². The summed E-state index contributed by atoms with van der Waals surface area (Å²) in [7, 11) is 0. The minimum atomic E-state index is -1.06. The van der Waals surface area contributed by atoms with E-state index in [1.165, 1.54) is 5.01 Å². The van der Waals surface area contributed by atoms with Crippen LogP contribution in [0.5, 0.6) is 0 Å². The summed E-state index contributed by atoms with van der Waals surface area (Å²) in [5, 5.41) is 6.64. The van der Waals surface area contributed by atoms with Gasteiger partial charge in [-0.15, -0.1) is 0 Å². The second-order valence-electron chi connectivity index (χ2n) is 6.44. The van der Waals surface area contributed by atoms with E-state index in [-0.39, 0.29) is 12.3 Å². The second kappa shape index (κ2) is 7.50. The van der Waals surface area contributed by atoms with Gasteiger partial charge in [0.05, 0.1) is 18.0 Å². The number of ether oxygens (including phenoxy) is 1. The van der Waals surface area contributed by atoms with Crippen molar-refractivity contribution >= 4 is 58.1 Å². The molecule has 2 aliphatic rings. The van der Waals surface area contributed by atoms with E-state index in [4.69, 9.17) is 27.9 Å². The van der Waals surface area contributed by atoms with Gasteiger partial charge in [0.1, 0.15) is 12.0 Å². The van der Waals surface area contributed by atoms with Crippen LogP contribution in [0, 0.1) is 5.92 Å². The molecule has 0 aromatic heterocycles. The van der Waals surface area contributed by atoms with Gasteiger partial charge in [0.2, 0.25) is 5.91 Å². The third-order valence-corrected chi connectivity index (χ3v) is 5.21. The van der Waals surface area contributed by atoms with Crippen LogP contribution in [-0.4, -0.2) is 36.1 Å². The topological polar surface area (TPSA) is 79.3 Å². The first-order valence-electron chi connectivity index (χ1n) is 8.86. The maximum absolute atomic E-state index is 13.2. The Bertz CT molecular complexity index is 1020. The van der Waals surface area contributed by atoms with E-state index in [2.05, 4.69) is 5.10 Å². The van der Waals surface area contributed by atoms with Crippen molar-refractivity contribution in [3.63, 3.8) is 0 Å². The number of carbonyl (C=O) groups is 3. The van der Waals surface area contributed by atoms with Crippen LogP contribution in [-0.2, 0) is 19.1 Å². The first kappa shape index (κ1) is 19.4. The molecule has 0 spiro atoms. The van der Waals surface area contributed by atoms with Crippen LogP contribution < -0.4 is 9.91 Å². The van der Waals surface area contributed by atoms with Gasteiger partial charge in [-0.05, 0) is 55.5 Å². The number of nitrogens with zero attached hydrogens (tertiary/aromatic N) is 3. The summed E-state index contributed by atoms with van der Waals surface area (Å²) in [6.07, 6.45) is 0. The van der Waals surface area contributed by atoms with Gasteiger partial charge >= 0.3 is 5.97 Å². The lowest BCUT2D eigenvalue weighted by Crippen LogP contribution is -2.39. The fourth-order valence-electron chi connectivity index (χ4n) is 3.44. The molecule has 9 heteroatoms. The Labute approximate surface area is 176 Å². The summed E-state index contributed by atoms with van der Waals surface area (Å²) < 4.78 is 5.06. The number of benzene rings is 2. The molecule has 4 rings (SSSR count). The molecule has 29 heavy (non-hydrogen) atoms. The van der Waals surface area contributed by atoms with Gasteiger partial charge < -0.3 is 4.74 Å². The molecule has 0 radical (unpaired) electrons. The number of hydrogen-bond acceptors (Lipinski definition) is 6. The third kappa shape index (κ3) is 3.26. The number of hydrogen-bond donors (Lipinski definition) is 0. The molecule has 1 fully saturated rings. The number of esters is 1. The van der Waals surface area contributed by atoms with Crippen molar-refractivity contribution in [3.8, 4) is 0 Å². The van der Waals surface area contributed by atoms with E-state index in [0.717, 1.165) is 4.90 Å². The molecule has 148 valence electrons. The van der Waals surface area contributed by atoms with Gasteiger partial charge in [-0.1, -0.05) is 23.2 Å². The Hall–Kier alpha value is -2.90. The summed E-state index contributed by atoms with van der Waals surface area (Å²) in [6.45, 7) is 1.78. The van der Waals surface area contributed by atoms with E-state index in [1.54, 1.807) is 55.5 Å². The van der Waals surface area contributed by atoms with Crippen molar-refractivity contribution < 1.29 is 19.1 Å². The van der Waals surface area contributed by atoms with Crippen LogP contribution in [0.1, 0.15) is 6.92 Å². The highest BCUT2D eigenvalue weighted by Crippen LogP contribution is 2.38. The molecule has 2 heterocycles. The number of anilines is 2. The lowest BCUT2D eigenvalue weighted by Gasteiger charge is -2.22. The average molecular weight is 432 g/mol. The molecule has 0 unspecified atom stereocenters. The van der Waals surface area contributed by atoms with Gasteiger partial charge in [-0.2, -0.15) is 5.10 Å². The predicted octanol–water partition coefficient (Wildman–Crippen LogP) is 3.29. The fraction of sp³-hybridized carbons (Fsp3) is 0.200. The average Bonchev–Trinajstić information content (AvgIpc) is 3.21. The van der Waals surface area contributed by atoms with Crippen molar-refractivity contribution in [3.05, 3.63) is 58.6 Å². The van der Waals surface area contributed by atoms with Crippen molar-refractivity contribution in [1.82, 2.24) is 0 Å². The van der Waals surface area contributed by atoms with Gasteiger partial charge in [-0.25, -0.2) is 9.69 Å². The molecule has 0 saturated carbocycles. The zero-order chi connectivity index (χ0) is 20.7. The monoisotopic (exact) mass is 431 g/mol. The SMILES string of the molecule is CCOC(=O)C1=NN(c2ccc(Cl)cc2)[C@@H]2C(=O)N(c3ccc(Cl)cc3)C(=O)[C@@H]12. The third-order valence-electron chi connectivity index (χ3n) is 4.71. The highest BCUT2D eigenvalue weighted by molar-refractivity contribution is 6.47. The number of fused-ring (bicyclic) bond motifs is 1. The van der Waals surface area contributed by atoms with Crippen LogP contribution in [0.25, 0.3) is 0 Å². The number of hydrazone groups is 1. The van der Waals surface area contributed by atoms with Crippen LogP contribution in [0.4, 0.5) is 11.4 Å². The first-order valence-corrected chi connectivity index (χ1v) is 9.61. The van der Waals surface area contributed by atoms with Crippen LogP contribution >= 0.6 is 23.2 Å². The summed E-state index contributed by atoms with van der Waals surface area (Å²) in [5.41, 5.74) is 0.808. The molecule has 2 atom stereocenters. The van der Waals surface area contributed by atoms with Crippen molar-refractivity contribution in [2.24, 2.45) is 11.0 Å². The molecule has 1 saturated heterocycles. The normalized spacial score (nSPS) is 20.7. The van der Waals surface area contributed by atoms with Gasteiger partial charge in [-0.3, -0.25) is 14.6 Å². The van der Waals surface area contributed by atoms with E-state index in [0.29, 0.717) is 21.4 Å². The summed E-state index contributed by atoms with van der Waals surface area (Å²) in [5.74, 6) is -2.81. The lowest BCUT2D eigenvalue weighted by molar-refractivity contribution is -0.136. The van der Waals surface area contributed by atoms with Gasteiger partial charge in [0, 0.05) is 10.0 Å². The first-order chi connectivity index (χ1) is 13.9. The molecular formula is C20H15Cl2N3O4. The largest absolute Gasteiger partial charge is 0.461 e. The van der Waals surface area contributed by atoms with E-state index in [9.17, 15) is 14.4 Å². The minimum absolute atomic E-state index is 0.0957. The summed E-state index contributed by atoms with van der Waals surface area (Å²) in [4.78, 5) is 39.9. The quantitative estimate of drug-likeness (QED) is 0.547. The molecule has 0 N–H and O–H groups in total. The zero-order valence-electron chi connectivity index (χ0n) is 15.2. The van der Waals surface area contributed by atoms with Crippen LogP contribution in [0.15, 0.2) is 53.6 Å². The maximum Gasteiger partial charge on any atom is 0.355 e. The van der Waals surface area contributed by atoms with Crippen LogP contribution in [0.3, 0.4) is 0 Å². The number of carbonyl (C=O) groups excluding carboxylic acids is 3. The Morgan fingerprint density at radius 1 is 0.966 bits per heavy atom. The van der Waals surface area contributed by atoms with E-state index >= 15 is 0 Å². The Balaban J connectivity index is 1.78. The van der Waals surface area contributed by atoms with Crippen molar-refractivity contribution in [1.29, 1.82) is 0 Å². The lowest BCUT2D eigenvalue weighted by atomic mass is 9.98. The Kier molecular flexibility index (Phi) is 5.02. The van der Waals surface area contributed by atoms with Crippen molar-refractivity contribution in [2.75, 3.05) is 16.5 Å². The predicted molar refractivity (Wildman–Crippen MR) is 109 cm³/mol. The smallest absolute Gasteiger partial charge is 0.355 e. The Morgan fingerprint density at radius 2 is 1.52 bits per heavy atom. The molecular weight excluding hydrogens is 417 g/mol. The second-order valence-corrected chi connectivity index (χ2v) is 7.31. The fourth-order valence-corrected chi connectivity index (χ4v) is 3.69. The van der Waals surface area contributed by atoms with Gasteiger partial charge in [0.25, 0.3) is 5.91 Å². The summed E-state index contributed by atoms with van der Waals surface area (Å²) >= 11 is 11.9. The minimum Gasteiger partial charge on any atom is -0.461 e. The van der Waals surface area contributed by atoms with Gasteiger partial charge in [0.15, 0.2) is 5.71 Å². The molecule has 0 bridgehead atoms. The highest BCUT2D eigenvalue weighted by atomic mass is 35.5. The molecule has 2 aromatic rings. The van der Waals surface area contributed by atoms with E-state index in [1.807, 2.05) is 0 Å². The number of halogens is 2. The summed E-state index contributed by atoms with van der Waals surface area (Å²) in [6, 6.07) is 12.0. The maximum atomic E-state index is 13.2. The standard InChI is InChI=1S/C20H15Cl2N3O4/c1-2-29-20(28)16-15-17(25(23-16)14-9-5-12(22)6-10-14)19(27)24(18(15)26)13-7-3-11(21)4-8-13/h3-10,15,17H,2H2,1H3/t15-,17-/m0/s1. The number of rotatable bonds is 4. The number of amides is 2.